The molecule has 0 radical (unpaired) electrons. The summed E-state index contributed by atoms with van der Waals surface area (Å²) in [6.07, 6.45) is 6.25. The molecule has 102 valence electrons. The molecule has 0 aliphatic heterocycles. The van der Waals surface area contributed by atoms with E-state index in [2.05, 4.69) is 12.0 Å². The molecule has 2 unspecified atom stereocenters. The van der Waals surface area contributed by atoms with Crippen LogP contribution in [0.2, 0.25) is 5.02 Å². The lowest BCUT2D eigenvalue weighted by Crippen LogP contribution is -2.15. The number of aliphatic hydroxyl groups is 1. The molecule has 1 aromatic heterocycles. The van der Waals surface area contributed by atoms with E-state index in [-0.39, 0.29) is 6.10 Å². The summed E-state index contributed by atoms with van der Waals surface area (Å²) < 4.78 is 2.01. The third-order valence-electron chi connectivity index (χ3n) is 3.94. The number of rotatable bonds is 3. The highest BCUT2D eigenvalue weighted by Gasteiger charge is 2.22. The Morgan fingerprint density at radius 2 is 2.11 bits per heavy atom. The largest absolute Gasteiger partial charge is 0.393 e. The fourth-order valence-electron chi connectivity index (χ4n) is 2.96. The van der Waals surface area contributed by atoms with E-state index >= 15 is 0 Å². The Kier molecular flexibility index (Phi) is 4.68. The van der Waals surface area contributed by atoms with Gasteiger partial charge in [0.2, 0.25) is 0 Å². The van der Waals surface area contributed by atoms with Gasteiger partial charge in [-0.25, -0.2) is 0 Å². The fourth-order valence-corrected chi connectivity index (χ4v) is 3.17. The van der Waals surface area contributed by atoms with Crippen molar-refractivity contribution < 1.29 is 5.11 Å². The minimum absolute atomic E-state index is 0.129. The number of hydrogen-bond donors (Lipinski definition) is 1. The van der Waals surface area contributed by atoms with Crippen LogP contribution in [0.1, 0.15) is 50.4 Å². The number of halogens is 1. The maximum Gasteiger partial charge on any atom is 0.0847 e. The van der Waals surface area contributed by atoms with Gasteiger partial charge < -0.3 is 5.11 Å². The molecular weight excluding hydrogens is 248 g/mol. The second-order valence-corrected chi connectivity index (χ2v) is 5.78. The molecule has 1 N–H and O–H groups in total. The van der Waals surface area contributed by atoms with Crippen LogP contribution in [-0.2, 0) is 13.0 Å². The molecule has 0 bridgehead atoms. The van der Waals surface area contributed by atoms with Gasteiger partial charge in [-0.3, -0.25) is 4.68 Å². The Balaban J connectivity index is 2.12. The number of hydrogen-bond acceptors (Lipinski definition) is 2. The zero-order valence-corrected chi connectivity index (χ0v) is 12.1. The van der Waals surface area contributed by atoms with Crippen molar-refractivity contribution in [2.45, 2.75) is 65.0 Å². The van der Waals surface area contributed by atoms with Gasteiger partial charge in [0.05, 0.1) is 22.5 Å². The van der Waals surface area contributed by atoms with Crippen LogP contribution in [0, 0.1) is 12.8 Å². The lowest BCUT2D eigenvalue weighted by Gasteiger charge is -2.17. The van der Waals surface area contributed by atoms with E-state index in [0.717, 1.165) is 48.6 Å². The third kappa shape index (κ3) is 3.07. The van der Waals surface area contributed by atoms with E-state index in [9.17, 15) is 5.11 Å². The van der Waals surface area contributed by atoms with Crippen molar-refractivity contribution in [2.24, 2.45) is 5.92 Å². The van der Waals surface area contributed by atoms with E-state index in [1.54, 1.807) is 0 Å². The molecule has 18 heavy (non-hydrogen) atoms. The van der Waals surface area contributed by atoms with Crippen LogP contribution in [0.25, 0.3) is 0 Å². The third-order valence-corrected chi connectivity index (χ3v) is 4.43. The standard InChI is InChI=1S/C14H23ClN2O/c1-3-17-13(14(15)10(2)16-17)9-11-6-4-5-7-12(18)8-11/h11-12,18H,3-9H2,1-2H3. The van der Waals surface area contributed by atoms with Crippen molar-refractivity contribution in [1.29, 1.82) is 0 Å². The topological polar surface area (TPSA) is 38.0 Å². The Morgan fingerprint density at radius 3 is 2.83 bits per heavy atom. The highest BCUT2D eigenvalue weighted by Crippen LogP contribution is 2.30. The maximum atomic E-state index is 9.88. The van der Waals surface area contributed by atoms with Gasteiger partial charge in [-0.15, -0.1) is 0 Å². The number of nitrogens with zero attached hydrogens (tertiary/aromatic N) is 2. The Hall–Kier alpha value is -0.540. The molecule has 0 amide bonds. The smallest absolute Gasteiger partial charge is 0.0847 e. The summed E-state index contributed by atoms with van der Waals surface area (Å²) in [4.78, 5) is 0. The van der Waals surface area contributed by atoms with Gasteiger partial charge in [-0.1, -0.05) is 24.4 Å². The normalized spacial score (nSPS) is 25.1. The highest BCUT2D eigenvalue weighted by molar-refractivity contribution is 6.31. The van der Waals surface area contributed by atoms with Crippen molar-refractivity contribution in [2.75, 3.05) is 0 Å². The summed E-state index contributed by atoms with van der Waals surface area (Å²) in [5, 5.41) is 15.2. The summed E-state index contributed by atoms with van der Waals surface area (Å²) in [5.74, 6) is 0.543. The van der Waals surface area contributed by atoms with Gasteiger partial charge >= 0.3 is 0 Å². The Labute approximate surface area is 114 Å². The first-order valence-corrected chi connectivity index (χ1v) is 7.39. The van der Waals surface area contributed by atoms with Gasteiger partial charge in [0.1, 0.15) is 0 Å². The van der Waals surface area contributed by atoms with Gasteiger partial charge in [-0.2, -0.15) is 5.10 Å². The lowest BCUT2D eigenvalue weighted by atomic mass is 9.94. The van der Waals surface area contributed by atoms with Crippen LogP contribution in [0.5, 0.6) is 0 Å². The number of aliphatic hydroxyl groups excluding tert-OH is 1. The molecule has 1 saturated carbocycles. The number of aryl methyl sites for hydroxylation is 2. The summed E-state index contributed by atoms with van der Waals surface area (Å²) in [5.41, 5.74) is 2.07. The van der Waals surface area contributed by atoms with Crippen molar-refractivity contribution in [3.05, 3.63) is 16.4 Å². The second-order valence-electron chi connectivity index (χ2n) is 5.41. The molecule has 0 aromatic carbocycles. The van der Waals surface area contributed by atoms with Crippen LogP contribution in [0.3, 0.4) is 0 Å². The van der Waals surface area contributed by atoms with Gasteiger partial charge in [0.15, 0.2) is 0 Å². The molecule has 1 aliphatic carbocycles. The molecule has 1 heterocycles. The minimum Gasteiger partial charge on any atom is -0.393 e. The van der Waals surface area contributed by atoms with Crippen molar-refractivity contribution in [1.82, 2.24) is 9.78 Å². The number of aromatic nitrogens is 2. The van der Waals surface area contributed by atoms with E-state index in [1.807, 2.05) is 11.6 Å². The van der Waals surface area contributed by atoms with Crippen LogP contribution < -0.4 is 0 Å². The molecule has 2 rings (SSSR count). The maximum absolute atomic E-state index is 9.88. The fraction of sp³-hybridized carbons (Fsp3) is 0.786. The zero-order chi connectivity index (χ0) is 13.1. The van der Waals surface area contributed by atoms with Crippen molar-refractivity contribution in [3.8, 4) is 0 Å². The lowest BCUT2D eigenvalue weighted by molar-refractivity contribution is 0.141. The molecule has 0 spiro atoms. The predicted molar refractivity (Wildman–Crippen MR) is 73.9 cm³/mol. The molecule has 0 saturated heterocycles. The van der Waals surface area contributed by atoms with Crippen molar-refractivity contribution >= 4 is 11.6 Å². The Bertz CT molecular complexity index is 403. The zero-order valence-electron chi connectivity index (χ0n) is 11.3. The highest BCUT2D eigenvalue weighted by atomic mass is 35.5. The molecule has 4 heteroatoms. The van der Waals surface area contributed by atoms with Crippen LogP contribution >= 0.6 is 11.6 Å². The van der Waals surface area contributed by atoms with Crippen LogP contribution in [-0.4, -0.2) is 21.0 Å². The van der Waals surface area contributed by atoms with Crippen LogP contribution in [0.15, 0.2) is 0 Å². The van der Waals surface area contributed by atoms with Gasteiger partial charge in [-0.05, 0) is 45.4 Å². The SMILES string of the molecule is CCn1nc(C)c(Cl)c1CC1CCCCC(O)C1. The van der Waals surface area contributed by atoms with E-state index in [0.29, 0.717) is 5.92 Å². The summed E-state index contributed by atoms with van der Waals surface area (Å²) in [6.45, 7) is 4.91. The van der Waals surface area contributed by atoms with Gasteiger partial charge in [0, 0.05) is 6.54 Å². The van der Waals surface area contributed by atoms with E-state index in [1.165, 1.54) is 12.8 Å². The molecule has 1 aromatic rings. The molecule has 3 nitrogen and oxygen atoms in total. The minimum atomic E-state index is -0.129. The second kappa shape index (κ2) is 6.07. The van der Waals surface area contributed by atoms with E-state index in [4.69, 9.17) is 11.6 Å². The average molecular weight is 271 g/mol. The summed E-state index contributed by atoms with van der Waals surface area (Å²) in [7, 11) is 0. The monoisotopic (exact) mass is 270 g/mol. The molecular formula is C14H23ClN2O. The average Bonchev–Trinajstić information content (AvgIpc) is 2.53. The predicted octanol–water partition coefficient (Wildman–Crippen LogP) is 3.35. The summed E-state index contributed by atoms with van der Waals surface area (Å²) >= 11 is 6.34. The first-order valence-electron chi connectivity index (χ1n) is 7.01. The first kappa shape index (κ1) is 13.9. The molecule has 1 fully saturated rings. The van der Waals surface area contributed by atoms with Gasteiger partial charge in [0.25, 0.3) is 0 Å². The molecule has 2 atom stereocenters. The van der Waals surface area contributed by atoms with E-state index < -0.39 is 0 Å². The molecule has 1 aliphatic rings. The first-order chi connectivity index (χ1) is 8.61. The quantitative estimate of drug-likeness (QED) is 0.856. The van der Waals surface area contributed by atoms with Crippen molar-refractivity contribution in [3.63, 3.8) is 0 Å². The summed E-state index contributed by atoms with van der Waals surface area (Å²) in [6, 6.07) is 0. The Morgan fingerprint density at radius 1 is 1.39 bits per heavy atom. The van der Waals surface area contributed by atoms with Crippen LogP contribution in [0.4, 0.5) is 0 Å².